The fraction of sp³-hybridized carbons (Fsp3) is 0.106. The standard InChI is InChI=1S/C85H61F2N3O/c86-61-41-50-74-75(51-61)85(59-15-2-1-3-16-59,60-39-29-58(30-40-60)67-22-14-23-73-72-21-8-13-28-82(72)91-84(67)73)76-52-62(87)53-81(83(74)76)88(63-42-31-54(32-43-63)56-35-46-65(47-36-56)89-77-24-9-4-17-68(77)69-18-5-10-25-78(69)89)64-44-33-55(34-45-64)57-37-48-66(49-38-57)90-79-26-11-6-19-70(79)71-20-7-12-27-80(71)90/h1-17,19,21-40,42-49,51-52,62,69,71H,18,20,41,50,53H2. The summed E-state index contributed by atoms with van der Waals surface area (Å²) in [6, 6.07) is 86.4. The third-order valence-electron chi connectivity index (χ3n) is 20.2. The average Bonchev–Trinajstić information content (AvgIpc) is 1.54. The summed E-state index contributed by atoms with van der Waals surface area (Å²) in [5, 5.41) is 2.13. The summed E-state index contributed by atoms with van der Waals surface area (Å²) in [7, 11) is 0. The van der Waals surface area contributed by atoms with E-state index < -0.39 is 11.6 Å². The van der Waals surface area contributed by atoms with Crippen LogP contribution in [0, 0.1) is 0 Å². The van der Waals surface area contributed by atoms with Crippen molar-refractivity contribution in [1.29, 1.82) is 0 Å². The van der Waals surface area contributed by atoms with E-state index in [1.165, 1.54) is 33.9 Å². The van der Waals surface area contributed by atoms with Crippen LogP contribution in [0.5, 0.6) is 0 Å². The number of allylic oxidation sites excluding steroid dienone is 16. The van der Waals surface area contributed by atoms with Gasteiger partial charge < -0.3 is 19.1 Å². The monoisotopic (exact) mass is 1180 g/mol. The van der Waals surface area contributed by atoms with Gasteiger partial charge in [0.05, 0.1) is 5.41 Å². The zero-order chi connectivity index (χ0) is 60.3. The van der Waals surface area contributed by atoms with E-state index in [1.54, 1.807) is 6.08 Å². The molecule has 6 heteroatoms. The van der Waals surface area contributed by atoms with Crippen LogP contribution >= 0.6 is 0 Å². The number of hydrogen-bond acceptors (Lipinski definition) is 4. The second kappa shape index (κ2) is 21.2. The number of anilines is 6. The molecular formula is C85H61F2N3O. The fourth-order valence-electron chi connectivity index (χ4n) is 16.2. The number of halogens is 2. The summed E-state index contributed by atoms with van der Waals surface area (Å²) in [5.74, 6) is 0.516. The molecule has 11 aromatic rings. The molecule has 0 saturated carbocycles. The van der Waals surface area contributed by atoms with Crippen LogP contribution in [0.1, 0.15) is 66.2 Å². The highest BCUT2D eigenvalue weighted by molar-refractivity contribution is 6.09. The van der Waals surface area contributed by atoms with Crippen LogP contribution < -0.4 is 14.7 Å². The molecule has 18 rings (SSSR count). The van der Waals surface area contributed by atoms with E-state index in [4.69, 9.17) is 4.42 Å². The lowest BCUT2D eigenvalue weighted by molar-refractivity contribution is 0.388. The summed E-state index contributed by atoms with van der Waals surface area (Å²) in [6.45, 7) is 0. The lowest BCUT2D eigenvalue weighted by Gasteiger charge is -2.39. The van der Waals surface area contributed by atoms with Gasteiger partial charge in [-0.25, -0.2) is 8.78 Å². The molecule has 0 bridgehead atoms. The largest absolute Gasteiger partial charge is 0.455 e. The molecule has 0 radical (unpaired) electrons. The number of para-hydroxylation sites is 4. The lowest BCUT2D eigenvalue weighted by atomic mass is 9.65. The highest BCUT2D eigenvalue weighted by Gasteiger charge is 2.53. The molecule has 4 nitrogen and oxygen atoms in total. The van der Waals surface area contributed by atoms with Crippen LogP contribution in [0.4, 0.5) is 42.9 Å². The quantitative estimate of drug-likeness (QED) is 0.136. The maximum atomic E-state index is 17.8. The van der Waals surface area contributed by atoms with E-state index in [9.17, 15) is 0 Å². The molecule has 3 heterocycles. The van der Waals surface area contributed by atoms with Gasteiger partial charge in [-0.15, -0.1) is 0 Å². The minimum Gasteiger partial charge on any atom is -0.455 e. The molecule has 2 aliphatic heterocycles. The predicted octanol–water partition coefficient (Wildman–Crippen LogP) is 22.7. The minimum absolute atomic E-state index is 0.124. The van der Waals surface area contributed by atoms with Crippen molar-refractivity contribution in [3.63, 3.8) is 0 Å². The first-order valence-electron chi connectivity index (χ1n) is 31.9. The Morgan fingerprint density at radius 2 is 1.00 bits per heavy atom. The van der Waals surface area contributed by atoms with Gasteiger partial charge in [-0.05, 0) is 177 Å². The van der Waals surface area contributed by atoms with E-state index in [0.717, 1.165) is 130 Å². The number of nitrogens with zero attached hydrogens (tertiary/aromatic N) is 3. The molecular weight excluding hydrogens is 1120 g/mol. The van der Waals surface area contributed by atoms with Crippen molar-refractivity contribution < 1.29 is 13.2 Å². The van der Waals surface area contributed by atoms with Gasteiger partial charge in [-0.1, -0.05) is 200 Å². The summed E-state index contributed by atoms with van der Waals surface area (Å²) < 4.78 is 40.9. The molecule has 5 aliphatic carbocycles. The van der Waals surface area contributed by atoms with Crippen molar-refractivity contribution in [2.24, 2.45) is 0 Å². The van der Waals surface area contributed by atoms with Crippen molar-refractivity contribution in [1.82, 2.24) is 0 Å². The van der Waals surface area contributed by atoms with Crippen molar-refractivity contribution in [3.05, 3.63) is 359 Å². The van der Waals surface area contributed by atoms with Gasteiger partial charge in [-0.2, -0.15) is 0 Å². The Balaban J connectivity index is 0.760. The van der Waals surface area contributed by atoms with Gasteiger partial charge in [0.15, 0.2) is 0 Å². The molecule has 0 saturated heterocycles. The van der Waals surface area contributed by atoms with Gasteiger partial charge in [0.25, 0.3) is 0 Å². The molecule has 436 valence electrons. The summed E-state index contributed by atoms with van der Waals surface area (Å²) in [6.07, 6.45) is 18.5. The first-order valence-corrected chi connectivity index (χ1v) is 31.9. The smallest absolute Gasteiger partial charge is 0.143 e. The number of rotatable bonds is 10. The highest BCUT2D eigenvalue weighted by Crippen LogP contribution is 2.62. The van der Waals surface area contributed by atoms with E-state index >= 15 is 8.78 Å². The second-order valence-electron chi connectivity index (χ2n) is 25.0. The maximum absolute atomic E-state index is 17.8. The maximum Gasteiger partial charge on any atom is 0.143 e. The van der Waals surface area contributed by atoms with Crippen molar-refractivity contribution in [2.45, 2.75) is 55.5 Å². The van der Waals surface area contributed by atoms with Crippen LogP contribution in [0.3, 0.4) is 0 Å². The Morgan fingerprint density at radius 3 is 1.60 bits per heavy atom. The number of hydrogen-bond donors (Lipinski definition) is 0. The van der Waals surface area contributed by atoms with E-state index in [-0.39, 0.29) is 18.7 Å². The third-order valence-corrected chi connectivity index (χ3v) is 20.2. The SMILES string of the molecule is FC1=CC2=C(CC1)C1=C(N(c3ccc(-c4ccc(N5C6=CC=CCC6c6ccccc65)cc4)cc3)c3ccc(-c4ccc(N5C6=CC=CCC6c6ccccc65)cc4)cc3)CC(F)C=C1C2(c1ccccc1)c1ccc(-c2cccc3c2oc2ccccc23)cc1. The van der Waals surface area contributed by atoms with Crippen molar-refractivity contribution in [2.75, 3.05) is 14.7 Å². The first kappa shape index (κ1) is 53.2. The van der Waals surface area contributed by atoms with Crippen LogP contribution in [0.25, 0.3) is 55.3 Å². The highest BCUT2D eigenvalue weighted by atomic mass is 19.1. The molecule has 0 fully saturated rings. The molecule has 91 heavy (non-hydrogen) atoms. The number of alkyl halides is 1. The van der Waals surface area contributed by atoms with Crippen LogP contribution in [0.15, 0.2) is 341 Å². The Hall–Kier alpha value is -10.8. The van der Waals surface area contributed by atoms with E-state index in [2.05, 4.69) is 257 Å². The van der Waals surface area contributed by atoms with Gasteiger partial charge >= 0.3 is 0 Å². The topological polar surface area (TPSA) is 22.9 Å². The number of fused-ring (bicyclic) bond motifs is 11. The predicted molar refractivity (Wildman–Crippen MR) is 369 cm³/mol. The van der Waals surface area contributed by atoms with E-state index in [1.807, 2.05) is 42.5 Å². The Labute approximate surface area is 528 Å². The summed E-state index contributed by atoms with van der Waals surface area (Å²) in [4.78, 5) is 7.11. The average molecular weight is 1180 g/mol. The molecule has 4 unspecified atom stereocenters. The van der Waals surface area contributed by atoms with Crippen molar-refractivity contribution in [3.8, 4) is 33.4 Å². The van der Waals surface area contributed by atoms with Crippen LogP contribution in [-0.2, 0) is 5.41 Å². The van der Waals surface area contributed by atoms with Crippen molar-refractivity contribution >= 4 is 56.1 Å². The molecule has 7 aliphatic rings. The Kier molecular flexibility index (Phi) is 12.4. The summed E-state index contributed by atoms with van der Waals surface area (Å²) in [5.41, 5.74) is 25.3. The minimum atomic E-state index is -1.36. The van der Waals surface area contributed by atoms with Gasteiger partial charge in [0.1, 0.15) is 23.2 Å². The molecule has 1 aromatic heterocycles. The lowest BCUT2D eigenvalue weighted by Crippen LogP contribution is -2.33. The molecule has 0 spiro atoms. The number of furan rings is 1. The fourth-order valence-corrected chi connectivity index (χ4v) is 16.2. The Morgan fingerprint density at radius 1 is 0.484 bits per heavy atom. The molecule has 10 aromatic carbocycles. The van der Waals surface area contributed by atoms with Crippen LogP contribution in [0.2, 0.25) is 0 Å². The third kappa shape index (κ3) is 8.38. The molecule has 4 atom stereocenters. The second-order valence-corrected chi connectivity index (χ2v) is 25.0. The zero-order valence-corrected chi connectivity index (χ0v) is 50.0. The number of benzene rings is 10. The molecule has 0 amide bonds. The Bertz CT molecular complexity index is 4870. The van der Waals surface area contributed by atoms with Gasteiger partial charge in [-0.3, -0.25) is 0 Å². The first-order chi connectivity index (χ1) is 44.9. The van der Waals surface area contributed by atoms with Gasteiger partial charge in [0.2, 0.25) is 0 Å². The molecule has 0 N–H and O–H groups in total. The normalized spacial score (nSPS) is 20.2. The van der Waals surface area contributed by atoms with Gasteiger partial charge in [0, 0.05) is 97.8 Å². The zero-order valence-electron chi connectivity index (χ0n) is 50.0. The van der Waals surface area contributed by atoms with Crippen LogP contribution in [-0.4, -0.2) is 6.17 Å². The van der Waals surface area contributed by atoms with E-state index in [0.29, 0.717) is 18.3 Å². The summed E-state index contributed by atoms with van der Waals surface area (Å²) >= 11 is 0.